The average Bonchev–Trinajstić information content (AvgIpc) is 3.05. The second-order valence-electron chi connectivity index (χ2n) is 5.05. The standard InChI is InChI=1S/C15H18N4O/c1-19-12(7-9-17-19)6-8-16-15(20)14-10-11-4-2-3-5-13(11)18-14/h2-5,7,9,14,18H,6,8,10H2,1H3,(H,16,20). The van der Waals surface area contributed by atoms with Crippen LogP contribution in [0.15, 0.2) is 36.5 Å². The van der Waals surface area contributed by atoms with Crippen molar-refractivity contribution in [1.29, 1.82) is 0 Å². The van der Waals surface area contributed by atoms with Gasteiger partial charge in [0.05, 0.1) is 0 Å². The van der Waals surface area contributed by atoms with E-state index in [1.807, 2.05) is 36.0 Å². The number of hydrogen-bond donors (Lipinski definition) is 2. The van der Waals surface area contributed by atoms with Crippen LogP contribution in [0, 0.1) is 0 Å². The van der Waals surface area contributed by atoms with Crippen LogP contribution in [-0.2, 0) is 24.7 Å². The topological polar surface area (TPSA) is 59.0 Å². The fourth-order valence-corrected chi connectivity index (χ4v) is 2.54. The number of rotatable bonds is 4. The monoisotopic (exact) mass is 270 g/mol. The van der Waals surface area contributed by atoms with E-state index in [4.69, 9.17) is 0 Å². The summed E-state index contributed by atoms with van der Waals surface area (Å²) in [6.45, 7) is 0.632. The van der Waals surface area contributed by atoms with Gasteiger partial charge in [-0.25, -0.2) is 0 Å². The molecule has 0 spiro atoms. The van der Waals surface area contributed by atoms with Crippen molar-refractivity contribution in [3.8, 4) is 0 Å². The molecule has 5 heteroatoms. The van der Waals surface area contributed by atoms with Gasteiger partial charge in [-0.15, -0.1) is 0 Å². The molecule has 2 N–H and O–H groups in total. The Labute approximate surface area is 118 Å². The van der Waals surface area contributed by atoms with Crippen molar-refractivity contribution < 1.29 is 4.79 Å². The van der Waals surface area contributed by atoms with Crippen LogP contribution < -0.4 is 10.6 Å². The van der Waals surface area contributed by atoms with Crippen molar-refractivity contribution in [1.82, 2.24) is 15.1 Å². The number of carbonyl (C=O) groups excluding carboxylic acids is 1. The SMILES string of the molecule is Cn1nccc1CCNC(=O)C1Cc2ccccc2N1. The summed E-state index contributed by atoms with van der Waals surface area (Å²) in [5.41, 5.74) is 3.39. The zero-order valence-corrected chi connectivity index (χ0v) is 11.5. The predicted molar refractivity (Wildman–Crippen MR) is 77.5 cm³/mol. The number of amides is 1. The van der Waals surface area contributed by atoms with Gasteiger partial charge in [0.1, 0.15) is 6.04 Å². The van der Waals surface area contributed by atoms with E-state index in [2.05, 4.69) is 21.8 Å². The van der Waals surface area contributed by atoms with Crippen LogP contribution >= 0.6 is 0 Å². The van der Waals surface area contributed by atoms with Gasteiger partial charge in [0, 0.05) is 44.0 Å². The quantitative estimate of drug-likeness (QED) is 0.875. The number of para-hydroxylation sites is 1. The van der Waals surface area contributed by atoms with E-state index < -0.39 is 0 Å². The highest BCUT2D eigenvalue weighted by molar-refractivity contribution is 5.87. The molecular formula is C15H18N4O. The Bertz CT molecular complexity index is 595. The highest BCUT2D eigenvalue weighted by atomic mass is 16.2. The molecule has 5 nitrogen and oxygen atoms in total. The number of nitrogens with one attached hydrogen (secondary N) is 2. The molecule has 1 aliphatic rings. The molecule has 0 radical (unpaired) electrons. The number of nitrogens with zero attached hydrogens (tertiary/aromatic N) is 2. The Hall–Kier alpha value is -2.30. The molecule has 2 aromatic rings. The lowest BCUT2D eigenvalue weighted by atomic mass is 10.1. The minimum atomic E-state index is -0.154. The van der Waals surface area contributed by atoms with E-state index in [0.29, 0.717) is 6.54 Å². The lowest BCUT2D eigenvalue weighted by Crippen LogP contribution is -2.39. The van der Waals surface area contributed by atoms with E-state index >= 15 is 0 Å². The average molecular weight is 270 g/mol. The van der Waals surface area contributed by atoms with Gasteiger partial charge in [0.25, 0.3) is 0 Å². The second-order valence-corrected chi connectivity index (χ2v) is 5.05. The van der Waals surface area contributed by atoms with Crippen LogP contribution in [0.4, 0.5) is 5.69 Å². The maximum absolute atomic E-state index is 12.1. The van der Waals surface area contributed by atoms with Crippen LogP contribution in [0.2, 0.25) is 0 Å². The number of benzene rings is 1. The first-order valence-corrected chi connectivity index (χ1v) is 6.83. The van der Waals surface area contributed by atoms with Crippen molar-refractivity contribution in [3.05, 3.63) is 47.8 Å². The third kappa shape index (κ3) is 2.52. The van der Waals surface area contributed by atoms with E-state index in [9.17, 15) is 4.79 Å². The number of carbonyl (C=O) groups is 1. The molecule has 1 unspecified atom stereocenters. The largest absolute Gasteiger partial charge is 0.373 e. The Kier molecular flexibility index (Phi) is 3.41. The Morgan fingerprint density at radius 3 is 3.05 bits per heavy atom. The normalized spacial score (nSPS) is 16.6. The number of aromatic nitrogens is 2. The summed E-state index contributed by atoms with van der Waals surface area (Å²) in [5, 5.41) is 10.4. The molecule has 0 fully saturated rings. The maximum atomic E-state index is 12.1. The smallest absolute Gasteiger partial charge is 0.242 e. The fourth-order valence-electron chi connectivity index (χ4n) is 2.54. The van der Waals surface area contributed by atoms with Gasteiger partial charge in [-0.1, -0.05) is 18.2 Å². The highest BCUT2D eigenvalue weighted by Crippen LogP contribution is 2.24. The first kappa shape index (κ1) is 12.7. The Morgan fingerprint density at radius 2 is 2.30 bits per heavy atom. The van der Waals surface area contributed by atoms with Crippen LogP contribution in [0.25, 0.3) is 0 Å². The molecule has 1 atom stereocenters. The fraction of sp³-hybridized carbons (Fsp3) is 0.333. The third-order valence-electron chi connectivity index (χ3n) is 3.69. The van der Waals surface area contributed by atoms with Crippen molar-refractivity contribution >= 4 is 11.6 Å². The van der Waals surface area contributed by atoms with Gasteiger partial charge in [0.15, 0.2) is 0 Å². The van der Waals surface area contributed by atoms with E-state index in [1.165, 1.54) is 5.56 Å². The van der Waals surface area contributed by atoms with Crippen LogP contribution in [0.1, 0.15) is 11.3 Å². The maximum Gasteiger partial charge on any atom is 0.242 e. The molecule has 0 saturated heterocycles. The predicted octanol–water partition coefficient (Wildman–Crippen LogP) is 1.12. The Balaban J connectivity index is 1.50. The molecule has 2 heterocycles. The summed E-state index contributed by atoms with van der Waals surface area (Å²) in [7, 11) is 1.91. The van der Waals surface area contributed by atoms with E-state index in [1.54, 1.807) is 6.20 Å². The minimum Gasteiger partial charge on any atom is -0.373 e. The zero-order valence-electron chi connectivity index (χ0n) is 11.5. The lowest BCUT2D eigenvalue weighted by molar-refractivity contribution is -0.121. The summed E-state index contributed by atoms with van der Waals surface area (Å²) >= 11 is 0. The van der Waals surface area contributed by atoms with Gasteiger partial charge in [-0.05, 0) is 17.7 Å². The Morgan fingerprint density at radius 1 is 1.45 bits per heavy atom. The zero-order chi connectivity index (χ0) is 13.9. The molecule has 104 valence electrons. The number of anilines is 1. The molecule has 1 aliphatic heterocycles. The molecule has 20 heavy (non-hydrogen) atoms. The van der Waals surface area contributed by atoms with Gasteiger partial charge < -0.3 is 10.6 Å². The second kappa shape index (κ2) is 5.36. The first-order chi connectivity index (χ1) is 9.74. The summed E-state index contributed by atoms with van der Waals surface area (Å²) in [6.07, 6.45) is 3.32. The third-order valence-corrected chi connectivity index (χ3v) is 3.69. The van der Waals surface area contributed by atoms with Crippen molar-refractivity contribution in [2.75, 3.05) is 11.9 Å². The minimum absolute atomic E-state index is 0.0587. The van der Waals surface area contributed by atoms with Crippen LogP contribution in [0.5, 0.6) is 0 Å². The first-order valence-electron chi connectivity index (χ1n) is 6.83. The molecule has 1 aromatic heterocycles. The molecule has 0 saturated carbocycles. The lowest BCUT2D eigenvalue weighted by Gasteiger charge is -2.12. The molecular weight excluding hydrogens is 252 g/mol. The number of fused-ring (bicyclic) bond motifs is 1. The van der Waals surface area contributed by atoms with Gasteiger partial charge in [0.2, 0.25) is 5.91 Å². The highest BCUT2D eigenvalue weighted by Gasteiger charge is 2.25. The summed E-state index contributed by atoms with van der Waals surface area (Å²) < 4.78 is 1.83. The van der Waals surface area contributed by atoms with Gasteiger partial charge >= 0.3 is 0 Å². The molecule has 1 aromatic carbocycles. The van der Waals surface area contributed by atoms with Crippen molar-refractivity contribution in [2.24, 2.45) is 7.05 Å². The van der Waals surface area contributed by atoms with Gasteiger partial charge in [-0.2, -0.15) is 5.10 Å². The van der Waals surface area contributed by atoms with Crippen molar-refractivity contribution in [3.63, 3.8) is 0 Å². The van der Waals surface area contributed by atoms with Crippen LogP contribution in [-0.4, -0.2) is 28.3 Å². The molecule has 3 rings (SSSR count). The van der Waals surface area contributed by atoms with Crippen molar-refractivity contribution in [2.45, 2.75) is 18.9 Å². The number of aryl methyl sites for hydroxylation is 1. The number of hydrogen-bond acceptors (Lipinski definition) is 3. The van der Waals surface area contributed by atoms with Gasteiger partial charge in [-0.3, -0.25) is 9.48 Å². The van der Waals surface area contributed by atoms with Crippen LogP contribution in [0.3, 0.4) is 0 Å². The summed E-state index contributed by atoms with van der Waals surface area (Å²) in [5.74, 6) is 0.0587. The summed E-state index contributed by atoms with van der Waals surface area (Å²) in [4.78, 5) is 12.1. The summed E-state index contributed by atoms with van der Waals surface area (Å²) in [6, 6.07) is 9.87. The molecule has 0 aliphatic carbocycles. The molecule has 1 amide bonds. The molecule has 0 bridgehead atoms. The van der Waals surface area contributed by atoms with E-state index in [0.717, 1.165) is 24.2 Å². The van der Waals surface area contributed by atoms with E-state index in [-0.39, 0.29) is 11.9 Å².